The number of hydrogen-bond donors (Lipinski definition) is 0. The lowest BCUT2D eigenvalue weighted by molar-refractivity contribution is 0.0166. The van der Waals surface area contributed by atoms with E-state index in [1.807, 2.05) is 0 Å². The van der Waals surface area contributed by atoms with Crippen molar-refractivity contribution in [3.05, 3.63) is 47.5 Å². The molecule has 1 fully saturated rings. The summed E-state index contributed by atoms with van der Waals surface area (Å²) >= 11 is 6.81. The smallest absolute Gasteiger partial charge is 0.0881 e. The van der Waals surface area contributed by atoms with E-state index in [4.69, 9.17) is 16.3 Å². The van der Waals surface area contributed by atoms with Gasteiger partial charge in [0.05, 0.1) is 11.0 Å². The van der Waals surface area contributed by atoms with Crippen molar-refractivity contribution < 1.29 is 4.74 Å². The van der Waals surface area contributed by atoms with Crippen LogP contribution in [0.5, 0.6) is 0 Å². The minimum Gasteiger partial charge on any atom is -0.373 e. The van der Waals surface area contributed by atoms with Crippen LogP contribution in [0, 0.1) is 6.92 Å². The van der Waals surface area contributed by atoms with Gasteiger partial charge in [0.2, 0.25) is 0 Å². The Kier molecular flexibility index (Phi) is 3.28. The Bertz CT molecular complexity index is 599. The molecule has 0 amide bonds. The zero-order valence-electron chi connectivity index (χ0n) is 11.4. The van der Waals surface area contributed by atoms with Crippen LogP contribution in [0.2, 0.25) is 0 Å². The molecule has 0 aromatic heterocycles. The van der Waals surface area contributed by atoms with Crippen molar-refractivity contribution in [1.29, 1.82) is 0 Å². The van der Waals surface area contributed by atoms with Crippen LogP contribution in [0.1, 0.15) is 36.3 Å². The Morgan fingerprint density at radius 2 is 2.00 bits per heavy atom. The molecule has 0 saturated carbocycles. The van der Waals surface area contributed by atoms with Crippen molar-refractivity contribution in [2.45, 2.75) is 37.7 Å². The van der Waals surface area contributed by atoms with Crippen molar-refractivity contribution in [1.82, 2.24) is 0 Å². The molecule has 1 aliphatic heterocycles. The summed E-state index contributed by atoms with van der Waals surface area (Å²) in [6.07, 6.45) is 2.13. The Morgan fingerprint density at radius 3 is 2.74 bits per heavy atom. The summed E-state index contributed by atoms with van der Waals surface area (Å²) in [5, 5.41) is 2.40. The van der Waals surface area contributed by atoms with E-state index in [1.165, 1.54) is 21.9 Å². The van der Waals surface area contributed by atoms with E-state index in [-0.39, 0.29) is 11.0 Å². The average Bonchev–Trinajstić information content (AvgIpc) is 2.86. The quantitative estimate of drug-likeness (QED) is 0.701. The summed E-state index contributed by atoms with van der Waals surface area (Å²) in [4.78, 5) is 0. The van der Waals surface area contributed by atoms with Crippen LogP contribution in [0.15, 0.2) is 36.4 Å². The average molecular weight is 275 g/mol. The number of halogens is 1. The number of hydrogen-bond acceptors (Lipinski definition) is 1. The second-order valence-corrected chi connectivity index (χ2v) is 6.08. The highest BCUT2D eigenvalue weighted by Gasteiger charge is 2.39. The second-order valence-electron chi connectivity index (χ2n) is 5.64. The maximum Gasteiger partial charge on any atom is 0.0881 e. The molecule has 2 atom stereocenters. The standard InChI is InChI=1S/C17H19ClO/c1-12-8-9-13-6-3-4-7-14(13)15(12)16(18)17(2)10-5-11-19-17/h3-4,6-9,16H,5,10-11H2,1-2H3. The van der Waals surface area contributed by atoms with E-state index in [1.54, 1.807) is 0 Å². The molecule has 0 N–H and O–H groups in total. The summed E-state index contributed by atoms with van der Waals surface area (Å²) in [6.45, 7) is 5.10. The lowest BCUT2D eigenvalue weighted by Gasteiger charge is -2.31. The third-order valence-corrected chi connectivity index (χ3v) is 4.91. The van der Waals surface area contributed by atoms with Gasteiger partial charge in [-0.2, -0.15) is 0 Å². The van der Waals surface area contributed by atoms with Crippen LogP contribution >= 0.6 is 11.6 Å². The fourth-order valence-electron chi connectivity index (χ4n) is 3.05. The summed E-state index contributed by atoms with van der Waals surface area (Å²) in [5.74, 6) is 0. The van der Waals surface area contributed by atoms with Crippen LogP contribution in [-0.2, 0) is 4.74 Å². The van der Waals surface area contributed by atoms with Gasteiger partial charge in [0.15, 0.2) is 0 Å². The van der Waals surface area contributed by atoms with Gasteiger partial charge in [-0.25, -0.2) is 0 Å². The van der Waals surface area contributed by atoms with Gasteiger partial charge in [-0.1, -0.05) is 36.4 Å². The van der Waals surface area contributed by atoms with E-state index < -0.39 is 0 Å². The number of fused-ring (bicyclic) bond motifs is 1. The third-order valence-electron chi connectivity index (χ3n) is 4.23. The molecule has 2 aromatic carbocycles. The van der Waals surface area contributed by atoms with Crippen LogP contribution in [0.4, 0.5) is 0 Å². The zero-order valence-corrected chi connectivity index (χ0v) is 12.2. The van der Waals surface area contributed by atoms with Gasteiger partial charge >= 0.3 is 0 Å². The maximum absolute atomic E-state index is 6.81. The third kappa shape index (κ3) is 2.15. The Balaban J connectivity index is 2.16. The normalized spacial score (nSPS) is 24.8. The Hall–Kier alpha value is -1.05. The molecule has 0 aliphatic carbocycles. The lowest BCUT2D eigenvalue weighted by atomic mass is 9.87. The molecule has 100 valence electrons. The first kappa shape index (κ1) is 13.0. The summed E-state index contributed by atoms with van der Waals surface area (Å²) in [6, 6.07) is 12.8. The molecule has 19 heavy (non-hydrogen) atoms. The summed E-state index contributed by atoms with van der Waals surface area (Å²) < 4.78 is 5.93. The van der Waals surface area contributed by atoms with Crippen LogP contribution in [0.25, 0.3) is 10.8 Å². The first-order chi connectivity index (χ1) is 9.12. The van der Waals surface area contributed by atoms with E-state index in [0.29, 0.717) is 0 Å². The van der Waals surface area contributed by atoms with E-state index in [0.717, 1.165) is 19.4 Å². The highest BCUT2D eigenvalue weighted by molar-refractivity contribution is 6.22. The minimum atomic E-state index is -0.240. The second kappa shape index (κ2) is 4.81. The number of aryl methyl sites for hydroxylation is 1. The molecule has 1 heterocycles. The molecule has 1 saturated heterocycles. The van der Waals surface area contributed by atoms with Gasteiger partial charge in [0, 0.05) is 6.61 Å². The van der Waals surface area contributed by atoms with E-state index in [2.05, 4.69) is 50.2 Å². The molecule has 1 aliphatic rings. The Labute approximate surface area is 119 Å². The SMILES string of the molecule is Cc1ccc2ccccc2c1C(Cl)C1(C)CCCO1. The van der Waals surface area contributed by atoms with Gasteiger partial charge in [-0.3, -0.25) is 0 Å². The fraction of sp³-hybridized carbons (Fsp3) is 0.412. The molecule has 3 rings (SSSR count). The van der Waals surface area contributed by atoms with Crippen molar-refractivity contribution in [3.63, 3.8) is 0 Å². The topological polar surface area (TPSA) is 9.23 Å². The van der Waals surface area contributed by atoms with Gasteiger partial charge in [-0.15, -0.1) is 11.6 Å². The lowest BCUT2D eigenvalue weighted by Crippen LogP contribution is -2.29. The maximum atomic E-state index is 6.81. The van der Waals surface area contributed by atoms with E-state index in [9.17, 15) is 0 Å². The molecule has 0 spiro atoms. The minimum absolute atomic E-state index is 0.0962. The van der Waals surface area contributed by atoms with E-state index >= 15 is 0 Å². The molecular formula is C17H19ClO. The molecule has 1 nitrogen and oxygen atoms in total. The summed E-state index contributed by atoms with van der Waals surface area (Å²) in [7, 11) is 0. The van der Waals surface area contributed by atoms with Gasteiger partial charge < -0.3 is 4.74 Å². The van der Waals surface area contributed by atoms with Crippen molar-refractivity contribution in [2.75, 3.05) is 6.61 Å². The molecule has 2 unspecified atom stereocenters. The highest BCUT2D eigenvalue weighted by atomic mass is 35.5. The molecule has 0 bridgehead atoms. The molecule has 0 radical (unpaired) electrons. The predicted molar refractivity (Wildman–Crippen MR) is 80.9 cm³/mol. The molecule has 2 heteroatoms. The number of alkyl halides is 1. The number of benzene rings is 2. The zero-order chi connectivity index (χ0) is 13.5. The number of rotatable bonds is 2. The van der Waals surface area contributed by atoms with Gasteiger partial charge in [-0.05, 0) is 48.6 Å². The fourth-order valence-corrected chi connectivity index (χ4v) is 3.51. The largest absolute Gasteiger partial charge is 0.373 e. The first-order valence-electron chi connectivity index (χ1n) is 6.88. The van der Waals surface area contributed by atoms with Crippen molar-refractivity contribution >= 4 is 22.4 Å². The monoisotopic (exact) mass is 274 g/mol. The first-order valence-corrected chi connectivity index (χ1v) is 7.32. The molecular weight excluding hydrogens is 256 g/mol. The number of ether oxygens (including phenoxy) is 1. The molecule has 2 aromatic rings. The van der Waals surface area contributed by atoms with Crippen LogP contribution < -0.4 is 0 Å². The van der Waals surface area contributed by atoms with Crippen molar-refractivity contribution in [2.24, 2.45) is 0 Å². The van der Waals surface area contributed by atoms with Crippen molar-refractivity contribution in [3.8, 4) is 0 Å². The van der Waals surface area contributed by atoms with Crippen LogP contribution in [-0.4, -0.2) is 12.2 Å². The highest BCUT2D eigenvalue weighted by Crippen LogP contribution is 2.44. The summed E-state index contributed by atoms with van der Waals surface area (Å²) in [5.41, 5.74) is 2.23. The van der Waals surface area contributed by atoms with Crippen LogP contribution in [0.3, 0.4) is 0 Å². The predicted octanol–water partition coefficient (Wildman–Crippen LogP) is 5.00. The van der Waals surface area contributed by atoms with Gasteiger partial charge in [0.1, 0.15) is 0 Å². The Morgan fingerprint density at radius 1 is 1.21 bits per heavy atom. The van der Waals surface area contributed by atoms with Gasteiger partial charge in [0.25, 0.3) is 0 Å².